The molecule has 0 unspecified atom stereocenters. The van der Waals surface area contributed by atoms with E-state index in [1.807, 2.05) is 29.9 Å². The number of aryl methyl sites for hydroxylation is 1. The van der Waals surface area contributed by atoms with Crippen molar-refractivity contribution in [3.8, 4) is 0 Å². The quantitative estimate of drug-likeness (QED) is 0.264. The van der Waals surface area contributed by atoms with Crippen LogP contribution in [0.25, 0.3) is 0 Å². The lowest BCUT2D eigenvalue weighted by Gasteiger charge is -2.03. The summed E-state index contributed by atoms with van der Waals surface area (Å²) in [5.41, 5.74) is 1.75. The molecule has 0 aliphatic carbocycles. The van der Waals surface area contributed by atoms with Crippen LogP contribution in [-0.2, 0) is 23.0 Å². The van der Waals surface area contributed by atoms with Crippen LogP contribution in [0.2, 0.25) is 0 Å². The van der Waals surface area contributed by atoms with Gasteiger partial charge in [-0.05, 0) is 6.07 Å². The van der Waals surface area contributed by atoms with Crippen molar-refractivity contribution in [2.45, 2.75) is 13.3 Å². The maximum atomic E-state index is 10.6. The zero-order chi connectivity index (χ0) is 12.0. The van der Waals surface area contributed by atoms with Crippen LogP contribution in [0.1, 0.15) is 18.2 Å². The summed E-state index contributed by atoms with van der Waals surface area (Å²) in [7, 11) is 1.85. The minimum absolute atomic E-state index is 0.294. The highest BCUT2D eigenvalue weighted by Gasteiger charge is 2.10. The van der Waals surface area contributed by atoms with Gasteiger partial charge in [0, 0.05) is 25.0 Å². The van der Waals surface area contributed by atoms with E-state index in [2.05, 4.69) is 5.16 Å². The van der Waals surface area contributed by atoms with Gasteiger partial charge in [-0.25, -0.2) is 0 Å². The van der Waals surface area contributed by atoms with Crippen LogP contribution in [0.3, 0.4) is 0 Å². The Morgan fingerprint density at radius 1 is 1.69 bits per heavy atom. The smallest absolute Gasteiger partial charge is 0.302 e. The average molecular weight is 223 g/mol. The highest BCUT2D eigenvalue weighted by molar-refractivity contribution is 5.76. The summed E-state index contributed by atoms with van der Waals surface area (Å²) in [6, 6.07) is 3.79. The lowest BCUT2D eigenvalue weighted by atomic mass is 10.1. The fourth-order valence-corrected chi connectivity index (χ4v) is 1.43. The van der Waals surface area contributed by atoms with Crippen LogP contribution in [0.5, 0.6) is 0 Å². The van der Waals surface area contributed by atoms with Gasteiger partial charge >= 0.3 is 5.97 Å². The van der Waals surface area contributed by atoms with Gasteiger partial charge in [0.25, 0.3) is 0 Å². The molecule has 16 heavy (non-hydrogen) atoms. The molecule has 86 valence electrons. The lowest BCUT2D eigenvalue weighted by molar-refractivity contribution is -0.672. The van der Waals surface area contributed by atoms with Gasteiger partial charge in [-0.2, -0.15) is 4.57 Å². The number of esters is 1. The predicted octanol–water partition coefficient (Wildman–Crippen LogP) is 0.425. The molecule has 5 heteroatoms. The second-order valence-corrected chi connectivity index (χ2v) is 3.36. The van der Waals surface area contributed by atoms with Gasteiger partial charge in [-0.1, -0.05) is 5.16 Å². The van der Waals surface area contributed by atoms with Crippen molar-refractivity contribution in [3.63, 3.8) is 0 Å². The van der Waals surface area contributed by atoms with E-state index in [1.54, 1.807) is 0 Å². The van der Waals surface area contributed by atoms with Crippen LogP contribution < -0.4 is 4.57 Å². The zero-order valence-electron chi connectivity index (χ0n) is 9.38. The molecule has 0 saturated carbocycles. The number of nitrogens with zero attached hydrogens (tertiary/aromatic N) is 2. The Morgan fingerprint density at radius 2 is 2.44 bits per heavy atom. The molecule has 1 heterocycles. The molecule has 5 nitrogen and oxygen atoms in total. The van der Waals surface area contributed by atoms with Crippen molar-refractivity contribution in [3.05, 3.63) is 29.6 Å². The minimum Gasteiger partial charge on any atom is -0.466 e. The SMILES string of the molecule is CC(=O)OCCc1ccc[n+](C)c1/C=N/O. The highest BCUT2D eigenvalue weighted by Crippen LogP contribution is 2.02. The number of oxime groups is 1. The molecule has 0 radical (unpaired) electrons. The second-order valence-electron chi connectivity index (χ2n) is 3.36. The van der Waals surface area contributed by atoms with Crippen LogP contribution in [0.4, 0.5) is 0 Å². The largest absolute Gasteiger partial charge is 0.466 e. The molecule has 1 N–H and O–H groups in total. The fraction of sp³-hybridized carbons (Fsp3) is 0.364. The molecule has 0 aromatic carbocycles. The van der Waals surface area contributed by atoms with Crippen LogP contribution in [0, 0.1) is 0 Å². The molecule has 0 atom stereocenters. The van der Waals surface area contributed by atoms with Gasteiger partial charge < -0.3 is 9.94 Å². The standard InChI is InChI=1S/C11H14N2O3/c1-9(14)16-7-5-10-4-3-6-13(2)11(10)8-12-15/h3-4,6,8H,5,7H2,1-2H3/p+1. The van der Waals surface area contributed by atoms with Gasteiger partial charge in [-0.3, -0.25) is 4.79 Å². The summed E-state index contributed by atoms with van der Waals surface area (Å²) in [6.07, 6.45) is 3.81. The number of carbonyl (C=O) groups is 1. The van der Waals surface area contributed by atoms with Gasteiger partial charge in [0.15, 0.2) is 6.20 Å². The summed E-state index contributed by atoms with van der Waals surface area (Å²) in [5, 5.41) is 11.6. The van der Waals surface area contributed by atoms with E-state index in [1.165, 1.54) is 13.1 Å². The Balaban J connectivity index is 2.78. The number of carbonyl (C=O) groups excluding carboxylic acids is 1. The normalized spacial score (nSPS) is 10.6. The van der Waals surface area contributed by atoms with Crippen LogP contribution in [0.15, 0.2) is 23.5 Å². The third kappa shape index (κ3) is 3.34. The Labute approximate surface area is 94.0 Å². The van der Waals surface area contributed by atoms with E-state index >= 15 is 0 Å². The Morgan fingerprint density at radius 3 is 3.06 bits per heavy atom. The molecule has 0 amide bonds. The van der Waals surface area contributed by atoms with Crippen molar-refractivity contribution in [2.24, 2.45) is 12.2 Å². The highest BCUT2D eigenvalue weighted by atomic mass is 16.5. The van der Waals surface area contributed by atoms with E-state index in [0.29, 0.717) is 13.0 Å². The number of hydrogen-bond donors (Lipinski definition) is 1. The van der Waals surface area contributed by atoms with Crippen LogP contribution in [-0.4, -0.2) is 24.0 Å². The molecule has 0 aliphatic rings. The Bertz CT molecular complexity index is 402. The lowest BCUT2D eigenvalue weighted by Crippen LogP contribution is -2.34. The second kappa shape index (κ2) is 5.85. The number of hydrogen-bond acceptors (Lipinski definition) is 4. The number of aromatic nitrogens is 1. The molecule has 0 spiro atoms. The van der Waals surface area contributed by atoms with E-state index in [4.69, 9.17) is 9.94 Å². The first kappa shape index (κ1) is 12.2. The molecule has 0 bridgehead atoms. The third-order valence-electron chi connectivity index (χ3n) is 2.17. The Kier molecular flexibility index (Phi) is 4.44. The van der Waals surface area contributed by atoms with Crippen molar-refractivity contribution < 1.29 is 19.3 Å². The molecule has 1 rings (SSSR count). The third-order valence-corrected chi connectivity index (χ3v) is 2.17. The molecular weight excluding hydrogens is 208 g/mol. The zero-order valence-corrected chi connectivity index (χ0v) is 9.38. The first-order valence-corrected chi connectivity index (χ1v) is 4.93. The van der Waals surface area contributed by atoms with E-state index in [-0.39, 0.29) is 5.97 Å². The first-order chi connectivity index (χ1) is 7.65. The molecule has 0 aliphatic heterocycles. The van der Waals surface area contributed by atoms with Gasteiger partial charge in [0.1, 0.15) is 13.3 Å². The number of ether oxygens (including phenoxy) is 1. The summed E-state index contributed by atoms with van der Waals surface area (Å²) in [4.78, 5) is 10.6. The molecule has 0 fully saturated rings. The van der Waals surface area contributed by atoms with Crippen LogP contribution >= 0.6 is 0 Å². The minimum atomic E-state index is -0.294. The van der Waals surface area contributed by atoms with Gasteiger partial charge in [0.05, 0.1) is 6.61 Å². The van der Waals surface area contributed by atoms with Gasteiger partial charge in [0.2, 0.25) is 5.69 Å². The summed E-state index contributed by atoms with van der Waals surface area (Å²) in [6.45, 7) is 1.70. The molecular formula is C11H15N2O3+. The molecule has 1 aromatic heterocycles. The maximum absolute atomic E-state index is 10.6. The van der Waals surface area contributed by atoms with E-state index in [9.17, 15) is 4.79 Å². The topological polar surface area (TPSA) is 62.8 Å². The van der Waals surface area contributed by atoms with Crippen molar-refractivity contribution in [2.75, 3.05) is 6.61 Å². The molecule has 1 aromatic rings. The maximum Gasteiger partial charge on any atom is 0.302 e. The number of rotatable bonds is 4. The fourth-order valence-electron chi connectivity index (χ4n) is 1.43. The summed E-state index contributed by atoms with van der Waals surface area (Å²) in [5.74, 6) is -0.294. The first-order valence-electron chi connectivity index (χ1n) is 4.93. The van der Waals surface area contributed by atoms with Crippen molar-refractivity contribution in [1.29, 1.82) is 0 Å². The average Bonchev–Trinajstić information content (AvgIpc) is 2.22. The van der Waals surface area contributed by atoms with E-state index in [0.717, 1.165) is 11.3 Å². The summed E-state index contributed by atoms with van der Waals surface area (Å²) < 4.78 is 6.70. The predicted molar refractivity (Wildman–Crippen MR) is 57.3 cm³/mol. The summed E-state index contributed by atoms with van der Waals surface area (Å²) >= 11 is 0. The van der Waals surface area contributed by atoms with Crippen molar-refractivity contribution >= 4 is 12.2 Å². The molecule has 0 saturated heterocycles. The van der Waals surface area contributed by atoms with E-state index < -0.39 is 0 Å². The van der Waals surface area contributed by atoms with Crippen molar-refractivity contribution in [1.82, 2.24) is 0 Å². The number of pyridine rings is 1. The monoisotopic (exact) mass is 223 g/mol. The Hall–Kier alpha value is -1.91. The van der Waals surface area contributed by atoms with Gasteiger partial charge in [-0.15, -0.1) is 0 Å².